The van der Waals surface area contributed by atoms with Gasteiger partial charge in [-0.1, -0.05) is 0 Å². The molecule has 0 spiro atoms. The van der Waals surface area contributed by atoms with Gasteiger partial charge < -0.3 is 9.47 Å². The number of halogens is 1. The summed E-state index contributed by atoms with van der Waals surface area (Å²) in [6.07, 6.45) is 1.45. The van der Waals surface area contributed by atoms with Crippen molar-refractivity contribution in [2.45, 2.75) is 32.9 Å². The minimum atomic E-state index is -0.545. The molecule has 0 amide bonds. The lowest BCUT2D eigenvalue weighted by Gasteiger charge is -2.19. The van der Waals surface area contributed by atoms with Gasteiger partial charge in [0.2, 0.25) is 5.28 Å². The number of carbonyl (C=O) groups is 1. The molecular formula is C13H17ClN4O4. The standard InChI is InChI=1S/C13H17ClN4O4/c1-13(2,3)22-9(19)7-21-5-4-18-10-8(6-15-18)16-12(14)17-11(10)20/h6H,4-5,7H2,1-3H3,(H,16,17,20). The van der Waals surface area contributed by atoms with Crippen molar-refractivity contribution >= 4 is 28.6 Å². The van der Waals surface area contributed by atoms with Crippen LogP contribution in [0.15, 0.2) is 11.0 Å². The summed E-state index contributed by atoms with van der Waals surface area (Å²) in [5, 5.41) is 4.06. The minimum absolute atomic E-state index is 0.0122. The number of carbonyl (C=O) groups excluding carboxylic acids is 1. The molecule has 0 unspecified atom stereocenters. The maximum atomic E-state index is 11.8. The van der Waals surface area contributed by atoms with Crippen molar-refractivity contribution in [1.29, 1.82) is 0 Å². The molecule has 2 aromatic heterocycles. The van der Waals surface area contributed by atoms with Crippen LogP contribution in [0.5, 0.6) is 0 Å². The Hall–Kier alpha value is -1.93. The fourth-order valence-corrected chi connectivity index (χ4v) is 2.00. The largest absolute Gasteiger partial charge is 0.458 e. The van der Waals surface area contributed by atoms with Crippen LogP contribution in [0.25, 0.3) is 11.0 Å². The lowest BCUT2D eigenvalue weighted by atomic mass is 10.2. The molecule has 0 aliphatic carbocycles. The van der Waals surface area contributed by atoms with E-state index < -0.39 is 11.6 Å². The number of rotatable bonds is 5. The van der Waals surface area contributed by atoms with Crippen molar-refractivity contribution in [3.05, 3.63) is 21.8 Å². The molecule has 2 aromatic rings. The highest BCUT2D eigenvalue weighted by Gasteiger charge is 2.16. The lowest BCUT2D eigenvalue weighted by molar-refractivity contribution is -0.160. The average molecular weight is 329 g/mol. The third-order valence-electron chi connectivity index (χ3n) is 2.56. The summed E-state index contributed by atoms with van der Waals surface area (Å²) < 4.78 is 11.8. The number of nitrogens with zero attached hydrogens (tertiary/aromatic N) is 3. The van der Waals surface area contributed by atoms with Gasteiger partial charge in [0.05, 0.1) is 19.3 Å². The zero-order chi connectivity index (χ0) is 16.3. The molecule has 0 bridgehead atoms. The van der Waals surface area contributed by atoms with Gasteiger partial charge in [-0.3, -0.25) is 14.5 Å². The second kappa shape index (κ2) is 6.45. The Morgan fingerprint density at radius 2 is 2.18 bits per heavy atom. The molecule has 0 aliphatic rings. The molecule has 0 fully saturated rings. The summed E-state index contributed by atoms with van der Waals surface area (Å²) in [6.45, 7) is 5.70. The van der Waals surface area contributed by atoms with Crippen LogP contribution in [0.4, 0.5) is 0 Å². The molecule has 1 N–H and O–H groups in total. The molecule has 0 saturated heterocycles. The number of aromatic amines is 1. The Morgan fingerprint density at radius 3 is 2.86 bits per heavy atom. The number of aromatic nitrogens is 4. The maximum absolute atomic E-state index is 11.8. The van der Waals surface area contributed by atoms with Gasteiger partial charge in [0.1, 0.15) is 17.7 Å². The average Bonchev–Trinajstić information content (AvgIpc) is 2.75. The highest BCUT2D eigenvalue weighted by molar-refractivity contribution is 6.28. The van der Waals surface area contributed by atoms with Crippen LogP contribution in [0.3, 0.4) is 0 Å². The predicted octanol–water partition coefficient (Wildman–Crippen LogP) is 1.13. The van der Waals surface area contributed by atoms with E-state index in [0.717, 1.165) is 0 Å². The summed E-state index contributed by atoms with van der Waals surface area (Å²) in [4.78, 5) is 29.7. The first-order valence-electron chi connectivity index (χ1n) is 6.67. The topological polar surface area (TPSA) is 99.1 Å². The summed E-state index contributed by atoms with van der Waals surface area (Å²) in [7, 11) is 0. The smallest absolute Gasteiger partial charge is 0.332 e. The van der Waals surface area contributed by atoms with Crippen LogP contribution < -0.4 is 5.56 Å². The van der Waals surface area contributed by atoms with Crippen LogP contribution in [-0.4, -0.2) is 44.5 Å². The Balaban J connectivity index is 1.91. The van der Waals surface area contributed by atoms with Gasteiger partial charge in [-0.2, -0.15) is 5.10 Å². The second-order valence-corrected chi connectivity index (χ2v) is 5.96. The van der Waals surface area contributed by atoms with Crippen LogP contribution in [0.2, 0.25) is 5.28 Å². The van der Waals surface area contributed by atoms with E-state index in [9.17, 15) is 9.59 Å². The number of hydrogen-bond donors (Lipinski definition) is 1. The number of ether oxygens (including phenoxy) is 2. The quantitative estimate of drug-likeness (QED) is 0.502. The van der Waals surface area contributed by atoms with Crippen molar-refractivity contribution in [3.8, 4) is 0 Å². The first-order chi connectivity index (χ1) is 10.3. The predicted molar refractivity (Wildman–Crippen MR) is 79.8 cm³/mol. The van der Waals surface area contributed by atoms with Crippen molar-refractivity contribution < 1.29 is 14.3 Å². The van der Waals surface area contributed by atoms with E-state index in [0.29, 0.717) is 17.6 Å². The first kappa shape index (κ1) is 16.4. The molecule has 120 valence electrons. The molecule has 22 heavy (non-hydrogen) atoms. The summed E-state index contributed by atoms with van der Waals surface area (Å²) >= 11 is 5.67. The number of hydrogen-bond acceptors (Lipinski definition) is 6. The van der Waals surface area contributed by atoms with Gasteiger partial charge in [-0.05, 0) is 32.4 Å². The van der Waals surface area contributed by atoms with Crippen molar-refractivity contribution in [2.24, 2.45) is 0 Å². The zero-order valence-electron chi connectivity index (χ0n) is 12.6. The summed E-state index contributed by atoms with van der Waals surface area (Å²) in [6, 6.07) is 0. The minimum Gasteiger partial charge on any atom is -0.458 e. The Kier molecular flexibility index (Phi) is 4.82. The fourth-order valence-electron chi connectivity index (χ4n) is 1.82. The second-order valence-electron chi connectivity index (χ2n) is 5.60. The van der Waals surface area contributed by atoms with Crippen LogP contribution >= 0.6 is 11.6 Å². The molecule has 2 rings (SSSR count). The van der Waals surface area contributed by atoms with Gasteiger partial charge in [-0.25, -0.2) is 9.78 Å². The Bertz CT molecular complexity index is 732. The molecule has 8 nitrogen and oxygen atoms in total. The van der Waals surface area contributed by atoms with E-state index in [1.54, 1.807) is 20.8 Å². The van der Waals surface area contributed by atoms with E-state index in [-0.39, 0.29) is 24.1 Å². The van der Waals surface area contributed by atoms with Crippen molar-refractivity contribution in [3.63, 3.8) is 0 Å². The Morgan fingerprint density at radius 1 is 1.45 bits per heavy atom. The lowest BCUT2D eigenvalue weighted by Crippen LogP contribution is -2.27. The molecule has 0 aromatic carbocycles. The van der Waals surface area contributed by atoms with E-state index in [1.807, 2.05) is 0 Å². The van der Waals surface area contributed by atoms with Crippen molar-refractivity contribution in [1.82, 2.24) is 19.7 Å². The Labute approximate surface area is 131 Å². The summed E-state index contributed by atoms with van der Waals surface area (Å²) in [5.74, 6) is -0.441. The molecule has 9 heteroatoms. The zero-order valence-corrected chi connectivity index (χ0v) is 13.3. The highest BCUT2D eigenvalue weighted by atomic mass is 35.5. The number of H-pyrrole nitrogens is 1. The van der Waals surface area contributed by atoms with Gasteiger partial charge in [0.25, 0.3) is 5.56 Å². The van der Waals surface area contributed by atoms with Gasteiger partial charge in [-0.15, -0.1) is 0 Å². The van der Waals surface area contributed by atoms with Crippen molar-refractivity contribution in [2.75, 3.05) is 13.2 Å². The normalized spacial score (nSPS) is 11.8. The highest BCUT2D eigenvalue weighted by Crippen LogP contribution is 2.09. The van der Waals surface area contributed by atoms with E-state index in [1.165, 1.54) is 10.9 Å². The molecule has 0 radical (unpaired) electrons. The van der Waals surface area contributed by atoms with Crippen LogP contribution in [-0.2, 0) is 20.8 Å². The maximum Gasteiger partial charge on any atom is 0.332 e. The molecule has 2 heterocycles. The van der Waals surface area contributed by atoms with Gasteiger partial charge in [0.15, 0.2) is 5.52 Å². The van der Waals surface area contributed by atoms with Gasteiger partial charge in [0, 0.05) is 0 Å². The van der Waals surface area contributed by atoms with Gasteiger partial charge >= 0.3 is 5.97 Å². The molecule has 0 saturated carbocycles. The molecule has 0 atom stereocenters. The number of esters is 1. The SMILES string of the molecule is CC(C)(C)OC(=O)COCCn1ncc2nc(Cl)[nH]c(=O)c21. The summed E-state index contributed by atoms with van der Waals surface area (Å²) in [5.41, 5.74) is -0.206. The molecule has 0 aliphatic heterocycles. The monoisotopic (exact) mass is 328 g/mol. The third kappa shape index (κ3) is 4.28. The fraction of sp³-hybridized carbons (Fsp3) is 0.538. The first-order valence-corrected chi connectivity index (χ1v) is 7.05. The van der Waals surface area contributed by atoms with E-state index in [4.69, 9.17) is 21.1 Å². The van der Waals surface area contributed by atoms with Crippen LogP contribution in [0, 0.1) is 0 Å². The van der Waals surface area contributed by atoms with E-state index in [2.05, 4.69) is 15.1 Å². The number of nitrogens with one attached hydrogen (secondary N) is 1. The number of fused-ring (bicyclic) bond motifs is 1. The van der Waals surface area contributed by atoms with Crippen LogP contribution in [0.1, 0.15) is 20.8 Å². The molecular weight excluding hydrogens is 312 g/mol. The third-order valence-corrected chi connectivity index (χ3v) is 2.74. The van der Waals surface area contributed by atoms with E-state index >= 15 is 0 Å².